The van der Waals surface area contributed by atoms with E-state index in [1.54, 1.807) is 7.11 Å². The topological polar surface area (TPSA) is 68.2 Å². The van der Waals surface area contributed by atoms with Crippen LogP contribution in [0.4, 0.5) is 0 Å². The van der Waals surface area contributed by atoms with Gasteiger partial charge in [-0.1, -0.05) is 12.1 Å². The fraction of sp³-hybridized carbons (Fsp3) is 0.591. The third-order valence-corrected chi connectivity index (χ3v) is 5.52. The van der Waals surface area contributed by atoms with Crippen molar-refractivity contribution in [3.8, 4) is 5.75 Å². The number of hydrogen-bond donors (Lipinski definition) is 1. The maximum Gasteiger partial charge on any atom is 0.288 e. The largest absolute Gasteiger partial charge is 0.497 e. The first-order valence-electron chi connectivity index (χ1n) is 10.2. The second kappa shape index (κ2) is 9.94. The number of amides is 1. The number of rotatable bonds is 8. The van der Waals surface area contributed by atoms with Crippen molar-refractivity contribution >= 4 is 5.91 Å². The lowest BCUT2D eigenvalue weighted by molar-refractivity contribution is -0.170. The fourth-order valence-corrected chi connectivity index (χ4v) is 4.04. The van der Waals surface area contributed by atoms with Gasteiger partial charge in [0.1, 0.15) is 5.75 Å². The zero-order valence-corrected chi connectivity index (χ0v) is 16.8. The number of likely N-dealkylation sites (tertiary alicyclic amines) is 1. The lowest BCUT2D eigenvalue weighted by atomic mass is 9.80. The molecular weight excluding hydrogens is 358 g/mol. The molecule has 1 aromatic rings. The van der Waals surface area contributed by atoms with Crippen molar-refractivity contribution < 1.29 is 24.1 Å². The van der Waals surface area contributed by atoms with Gasteiger partial charge in [-0.3, -0.25) is 4.79 Å². The maximum atomic E-state index is 13.0. The summed E-state index contributed by atoms with van der Waals surface area (Å²) in [5.74, 6) is 1.11. The highest BCUT2D eigenvalue weighted by Gasteiger charge is 2.39. The van der Waals surface area contributed by atoms with Crippen LogP contribution in [-0.4, -0.2) is 55.6 Å². The van der Waals surface area contributed by atoms with E-state index < -0.39 is 6.29 Å². The number of benzene rings is 1. The number of aliphatic hydroxyl groups excluding tert-OH is 1. The Morgan fingerprint density at radius 2 is 1.96 bits per heavy atom. The number of carbonyl (C=O) groups is 1. The first-order valence-corrected chi connectivity index (χ1v) is 10.2. The molecule has 2 aliphatic heterocycles. The minimum Gasteiger partial charge on any atom is -0.497 e. The fourth-order valence-electron chi connectivity index (χ4n) is 4.04. The van der Waals surface area contributed by atoms with Crippen LogP contribution in [0.2, 0.25) is 0 Å². The van der Waals surface area contributed by atoms with Gasteiger partial charge in [-0.15, -0.1) is 0 Å². The van der Waals surface area contributed by atoms with Crippen LogP contribution >= 0.6 is 0 Å². The first-order chi connectivity index (χ1) is 13.7. The molecule has 2 heterocycles. The predicted octanol–water partition coefficient (Wildman–Crippen LogP) is 3.07. The Balaban J connectivity index is 1.93. The number of methoxy groups -OCH3 is 1. The van der Waals surface area contributed by atoms with Crippen LogP contribution in [-0.2, 0) is 14.3 Å². The van der Waals surface area contributed by atoms with Crippen LogP contribution in [0.5, 0.6) is 5.75 Å². The van der Waals surface area contributed by atoms with Gasteiger partial charge < -0.3 is 24.2 Å². The van der Waals surface area contributed by atoms with E-state index in [0.29, 0.717) is 18.8 Å². The Morgan fingerprint density at radius 1 is 1.25 bits per heavy atom. The molecule has 1 saturated heterocycles. The van der Waals surface area contributed by atoms with Gasteiger partial charge in [0.25, 0.3) is 5.91 Å². The standard InChI is InChI=1S/C22H31NO5/c1-3-27-22-18(7-6-14-24)19(16-8-10-17(26-2)11-9-16)15-20(28-22)21(25)23-12-4-5-13-23/h8-11,15,18-19,22,24H,3-7,12-14H2,1-2H3/t18-,19+,22+/m1/s1. The van der Waals surface area contributed by atoms with Gasteiger partial charge >= 0.3 is 0 Å². The molecule has 0 saturated carbocycles. The molecule has 0 spiro atoms. The summed E-state index contributed by atoms with van der Waals surface area (Å²) in [5, 5.41) is 9.35. The normalized spacial score (nSPS) is 24.6. The molecule has 1 fully saturated rings. The Hall–Kier alpha value is -2.05. The first kappa shape index (κ1) is 20.7. The second-order valence-electron chi connectivity index (χ2n) is 7.30. The summed E-state index contributed by atoms with van der Waals surface area (Å²) < 4.78 is 17.2. The van der Waals surface area contributed by atoms with Crippen LogP contribution in [0.15, 0.2) is 36.1 Å². The molecule has 0 radical (unpaired) electrons. The molecule has 0 aromatic heterocycles. The zero-order chi connectivity index (χ0) is 19.9. The molecule has 0 bridgehead atoms. The highest BCUT2D eigenvalue weighted by Crippen LogP contribution is 2.40. The number of carbonyl (C=O) groups excluding carboxylic acids is 1. The minimum absolute atomic E-state index is 0.0237. The molecule has 1 amide bonds. The van der Waals surface area contributed by atoms with Crippen LogP contribution in [0, 0.1) is 5.92 Å². The molecule has 0 aliphatic carbocycles. The van der Waals surface area contributed by atoms with Crippen molar-refractivity contribution in [3.63, 3.8) is 0 Å². The van der Waals surface area contributed by atoms with Gasteiger partial charge in [0.2, 0.25) is 6.29 Å². The van der Waals surface area contributed by atoms with E-state index in [-0.39, 0.29) is 24.3 Å². The van der Waals surface area contributed by atoms with Gasteiger partial charge in [0.05, 0.1) is 7.11 Å². The molecule has 3 atom stereocenters. The highest BCUT2D eigenvalue weighted by molar-refractivity contribution is 5.92. The average Bonchev–Trinajstić information content (AvgIpc) is 3.27. The van der Waals surface area contributed by atoms with Crippen molar-refractivity contribution in [2.75, 3.05) is 33.4 Å². The van der Waals surface area contributed by atoms with E-state index in [9.17, 15) is 9.90 Å². The molecule has 1 aromatic carbocycles. The summed E-state index contributed by atoms with van der Waals surface area (Å²) in [5.41, 5.74) is 1.09. The molecule has 0 unspecified atom stereocenters. The Labute approximate surface area is 167 Å². The van der Waals surface area contributed by atoms with E-state index >= 15 is 0 Å². The van der Waals surface area contributed by atoms with Gasteiger partial charge in [-0.05, 0) is 56.4 Å². The molecule has 6 heteroatoms. The van der Waals surface area contributed by atoms with E-state index in [4.69, 9.17) is 14.2 Å². The van der Waals surface area contributed by atoms with E-state index in [1.165, 1.54) is 0 Å². The molecule has 1 N–H and O–H groups in total. The summed E-state index contributed by atoms with van der Waals surface area (Å²) in [4.78, 5) is 14.8. The van der Waals surface area contributed by atoms with Crippen LogP contribution in [0.1, 0.15) is 44.1 Å². The predicted molar refractivity (Wildman–Crippen MR) is 106 cm³/mol. The molecular formula is C22H31NO5. The van der Waals surface area contributed by atoms with E-state index in [2.05, 4.69) is 0 Å². The summed E-state index contributed by atoms with van der Waals surface area (Å²) in [6.45, 7) is 4.10. The lowest BCUT2D eigenvalue weighted by Gasteiger charge is -2.37. The third-order valence-electron chi connectivity index (χ3n) is 5.52. The van der Waals surface area contributed by atoms with Gasteiger partial charge in [0.15, 0.2) is 5.76 Å². The smallest absolute Gasteiger partial charge is 0.288 e. The van der Waals surface area contributed by atoms with Crippen LogP contribution < -0.4 is 4.74 Å². The second-order valence-corrected chi connectivity index (χ2v) is 7.30. The summed E-state index contributed by atoms with van der Waals surface area (Å²) in [6, 6.07) is 7.91. The summed E-state index contributed by atoms with van der Waals surface area (Å²) >= 11 is 0. The monoisotopic (exact) mass is 389 g/mol. The van der Waals surface area contributed by atoms with Crippen molar-refractivity contribution in [1.29, 1.82) is 0 Å². The van der Waals surface area contributed by atoms with Crippen LogP contribution in [0.3, 0.4) is 0 Å². The third kappa shape index (κ3) is 4.67. The zero-order valence-electron chi connectivity index (χ0n) is 16.8. The number of ether oxygens (including phenoxy) is 3. The molecule has 2 aliphatic rings. The summed E-state index contributed by atoms with van der Waals surface area (Å²) in [6.07, 6.45) is 4.92. The molecule has 3 rings (SSSR count). The molecule has 6 nitrogen and oxygen atoms in total. The highest BCUT2D eigenvalue weighted by atomic mass is 16.7. The minimum atomic E-state index is -0.504. The van der Waals surface area contributed by atoms with Gasteiger partial charge in [-0.25, -0.2) is 0 Å². The number of hydrogen-bond acceptors (Lipinski definition) is 5. The summed E-state index contributed by atoms with van der Waals surface area (Å²) in [7, 11) is 1.64. The Kier molecular flexibility index (Phi) is 7.34. The van der Waals surface area contributed by atoms with Crippen molar-refractivity contribution in [3.05, 3.63) is 41.7 Å². The molecule has 28 heavy (non-hydrogen) atoms. The number of nitrogens with zero attached hydrogens (tertiary/aromatic N) is 1. The van der Waals surface area contributed by atoms with Crippen molar-refractivity contribution in [2.45, 2.75) is 44.8 Å². The number of aliphatic hydroxyl groups is 1. The number of allylic oxidation sites excluding steroid dienone is 1. The van der Waals surface area contributed by atoms with E-state index in [1.807, 2.05) is 42.2 Å². The maximum absolute atomic E-state index is 13.0. The van der Waals surface area contributed by atoms with Gasteiger partial charge in [0, 0.05) is 38.1 Å². The average molecular weight is 389 g/mol. The Bertz CT molecular complexity index is 666. The van der Waals surface area contributed by atoms with Crippen molar-refractivity contribution in [1.82, 2.24) is 4.90 Å². The van der Waals surface area contributed by atoms with E-state index in [0.717, 1.165) is 43.7 Å². The van der Waals surface area contributed by atoms with Gasteiger partial charge in [-0.2, -0.15) is 0 Å². The SMILES string of the molecule is CCO[C@H]1OC(C(=O)N2CCCC2)=C[C@@H](c2ccc(OC)cc2)[C@H]1CCCO. The van der Waals surface area contributed by atoms with Crippen molar-refractivity contribution in [2.24, 2.45) is 5.92 Å². The quantitative estimate of drug-likeness (QED) is 0.740. The Morgan fingerprint density at radius 3 is 2.57 bits per heavy atom. The molecule has 154 valence electrons. The van der Waals surface area contributed by atoms with Crippen LogP contribution in [0.25, 0.3) is 0 Å². The lowest BCUT2D eigenvalue weighted by Crippen LogP contribution is -2.39.